The lowest BCUT2D eigenvalue weighted by molar-refractivity contribution is 0.262. The van der Waals surface area contributed by atoms with Crippen molar-refractivity contribution in [3.8, 4) is 0 Å². The van der Waals surface area contributed by atoms with Gasteiger partial charge in [0.1, 0.15) is 17.3 Å². The summed E-state index contributed by atoms with van der Waals surface area (Å²) in [6.45, 7) is 0. The molecule has 98 valence electrons. The van der Waals surface area contributed by atoms with Crippen LogP contribution in [0, 0.1) is 11.6 Å². The number of halogens is 3. The average Bonchev–Trinajstić information content (AvgIpc) is 2.37. The van der Waals surface area contributed by atoms with Gasteiger partial charge in [-0.25, -0.2) is 13.6 Å². The Morgan fingerprint density at radius 3 is 2.11 bits per heavy atom. The van der Waals surface area contributed by atoms with Gasteiger partial charge in [-0.3, -0.25) is 0 Å². The maximum Gasteiger partial charge on any atom is 0.323 e. The summed E-state index contributed by atoms with van der Waals surface area (Å²) >= 11 is 5.69. The van der Waals surface area contributed by atoms with Gasteiger partial charge in [0, 0.05) is 10.7 Å². The number of para-hydroxylation sites is 1. The zero-order valence-electron chi connectivity index (χ0n) is 9.58. The summed E-state index contributed by atoms with van der Waals surface area (Å²) in [5, 5.41) is 5.06. The Kier molecular flexibility index (Phi) is 3.97. The normalized spacial score (nSPS) is 10.1. The van der Waals surface area contributed by atoms with Gasteiger partial charge in [-0.15, -0.1) is 0 Å². The lowest BCUT2D eigenvalue weighted by Gasteiger charge is -2.09. The van der Waals surface area contributed by atoms with E-state index in [9.17, 15) is 13.6 Å². The number of nitrogens with one attached hydrogen (secondary N) is 2. The van der Waals surface area contributed by atoms with Crippen molar-refractivity contribution in [1.82, 2.24) is 0 Å². The molecule has 19 heavy (non-hydrogen) atoms. The Balaban J connectivity index is 2.07. The van der Waals surface area contributed by atoms with Crippen molar-refractivity contribution in [3.63, 3.8) is 0 Å². The molecular weight excluding hydrogens is 274 g/mol. The van der Waals surface area contributed by atoms with Crippen LogP contribution >= 0.6 is 11.6 Å². The number of hydrogen-bond donors (Lipinski definition) is 2. The fourth-order valence-electron chi connectivity index (χ4n) is 1.43. The molecule has 0 spiro atoms. The number of urea groups is 1. The predicted molar refractivity (Wildman–Crippen MR) is 70.5 cm³/mol. The second-order valence-electron chi connectivity index (χ2n) is 3.68. The molecular formula is C13H9ClF2N2O. The van der Waals surface area contributed by atoms with Crippen molar-refractivity contribution < 1.29 is 13.6 Å². The quantitative estimate of drug-likeness (QED) is 0.849. The first-order valence-corrected chi connectivity index (χ1v) is 5.71. The van der Waals surface area contributed by atoms with E-state index in [1.165, 1.54) is 6.07 Å². The number of carbonyl (C=O) groups is 1. The molecule has 0 aliphatic heterocycles. The summed E-state index contributed by atoms with van der Waals surface area (Å²) in [6, 6.07) is 8.89. The van der Waals surface area contributed by atoms with Crippen LogP contribution in [0.3, 0.4) is 0 Å². The zero-order valence-corrected chi connectivity index (χ0v) is 10.3. The van der Waals surface area contributed by atoms with E-state index in [0.717, 1.165) is 12.1 Å². The minimum atomic E-state index is -0.841. The summed E-state index contributed by atoms with van der Waals surface area (Å²) < 4.78 is 26.6. The highest BCUT2D eigenvalue weighted by Gasteiger charge is 2.11. The molecule has 6 heteroatoms. The summed E-state index contributed by atoms with van der Waals surface area (Å²) in [6.07, 6.45) is 0. The monoisotopic (exact) mass is 282 g/mol. The molecule has 2 N–H and O–H groups in total. The van der Waals surface area contributed by atoms with E-state index in [-0.39, 0.29) is 0 Å². The van der Waals surface area contributed by atoms with Crippen molar-refractivity contribution >= 4 is 29.0 Å². The Bertz CT molecular complexity index is 582. The van der Waals surface area contributed by atoms with E-state index in [2.05, 4.69) is 10.6 Å². The largest absolute Gasteiger partial charge is 0.323 e. The third-order valence-corrected chi connectivity index (χ3v) is 2.56. The number of amides is 2. The number of rotatable bonds is 2. The molecule has 3 nitrogen and oxygen atoms in total. The molecule has 2 rings (SSSR count). The van der Waals surface area contributed by atoms with Crippen LogP contribution in [0.1, 0.15) is 0 Å². The standard InChI is InChI=1S/C13H9ClF2N2O/c14-8-4-6-9(7-5-8)17-13(19)18-12-10(15)2-1-3-11(12)16/h1-7H,(H2,17,18,19). The SMILES string of the molecule is O=C(Nc1ccc(Cl)cc1)Nc1c(F)cccc1F. The molecule has 2 amide bonds. The van der Waals surface area contributed by atoms with Gasteiger partial charge in [0.05, 0.1) is 0 Å². The average molecular weight is 283 g/mol. The molecule has 0 aromatic heterocycles. The lowest BCUT2D eigenvalue weighted by atomic mass is 10.3. The molecule has 0 atom stereocenters. The fraction of sp³-hybridized carbons (Fsp3) is 0. The van der Waals surface area contributed by atoms with Crippen LogP contribution in [0.25, 0.3) is 0 Å². The van der Waals surface area contributed by atoms with E-state index in [1.54, 1.807) is 24.3 Å². The molecule has 0 aliphatic carbocycles. The third kappa shape index (κ3) is 3.42. The van der Waals surface area contributed by atoms with Gasteiger partial charge in [0.2, 0.25) is 0 Å². The van der Waals surface area contributed by atoms with Gasteiger partial charge in [0.15, 0.2) is 0 Å². The van der Waals surface area contributed by atoms with Gasteiger partial charge >= 0.3 is 6.03 Å². The molecule has 0 bridgehead atoms. The highest BCUT2D eigenvalue weighted by molar-refractivity contribution is 6.30. The summed E-state index contributed by atoms with van der Waals surface area (Å²) in [5.41, 5.74) is -0.0346. The molecule has 0 fully saturated rings. The maximum absolute atomic E-state index is 13.3. The highest BCUT2D eigenvalue weighted by Crippen LogP contribution is 2.19. The van der Waals surface area contributed by atoms with E-state index in [1.807, 2.05) is 0 Å². The van der Waals surface area contributed by atoms with Gasteiger partial charge < -0.3 is 10.6 Å². The first-order chi connectivity index (χ1) is 9.06. The Morgan fingerprint density at radius 1 is 0.947 bits per heavy atom. The molecule has 0 radical (unpaired) electrons. The van der Waals surface area contributed by atoms with Crippen LogP contribution < -0.4 is 10.6 Å². The molecule has 0 heterocycles. The second kappa shape index (κ2) is 5.67. The van der Waals surface area contributed by atoms with Gasteiger partial charge in [-0.05, 0) is 36.4 Å². The van der Waals surface area contributed by atoms with Gasteiger partial charge in [0.25, 0.3) is 0 Å². The van der Waals surface area contributed by atoms with Gasteiger partial charge in [-0.1, -0.05) is 17.7 Å². The van der Waals surface area contributed by atoms with Crippen molar-refractivity contribution in [1.29, 1.82) is 0 Å². The van der Waals surface area contributed by atoms with E-state index < -0.39 is 23.4 Å². The Labute approximate surface area is 113 Å². The van der Waals surface area contributed by atoms with Crippen LogP contribution in [-0.4, -0.2) is 6.03 Å². The second-order valence-corrected chi connectivity index (χ2v) is 4.12. The Hall–Kier alpha value is -2.14. The maximum atomic E-state index is 13.3. The van der Waals surface area contributed by atoms with E-state index in [4.69, 9.17) is 11.6 Å². The van der Waals surface area contributed by atoms with Crippen molar-refractivity contribution in [3.05, 3.63) is 59.1 Å². The lowest BCUT2D eigenvalue weighted by Crippen LogP contribution is -2.20. The van der Waals surface area contributed by atoms with Gasteiger partial charge in [-0.2, -0.15) is 0 Å². The van der Waals surface area contributed by atoms with E-state index in [0.29, 0.717) is 10.7 Å². The van der Waals surface area contributed by atoms with Crippen molar-refractivity contribution in [2.24, 2.45) is 0 Å². The van der Waals surface area contributed by atoms with Crippen molar-refractivity contribution in [2.75, 3.05) is 10.6 Å². The first kappa shape index (κ1) is 13.3. The number of hydrogen-bond acceptors (Lipinski definition) is 1. The molecule has 0 saturated heterocycles. The van der Waals surface area contributed by atoms with Crippen LogP contribution in [-0.2, 0) is 0 Å². The first-order valence-electron chi connectivity index (χ1n) is 5.34. The molecule has 0 aliphatic rings. The summed E-state index contributed by atoms with van der Waals surface area (Å²) in [7, 11) is 0. The molecule has 0 unspecified atom stereocenters. The van der Waals surface area contributed by atoms with Crippen LogP contribution in [0.5, 0.6) is 0 Å². The zero-order chi connectivity index (χ0) is 13.8. The number of carbonyl (C=O) groups excluding carboxylic acids is 1. The van der Waals surface area contributed by atoms with Crippen LogP contribution in [0.2, 0.25) is 5.02 Å². The molecule has 2 aromatic rings. The molecule has 0 saturated carbocycles. The number of benzene rings is 2. The van der Waals surface area contributed by atoms with Crippen LogP contribution in [0.4, 0.5) is 25.0 Å². The summed E-state index contributed by atoms with van der Waals surface area (Å²) in [4.78, 5) is 11.6. The highest BCUT2D eigenvalue weighted by atomic mass is 35.5. The molecule has 2 aromatic carbocycles. The minimum absolute atomic E-state index is 0.457. The van der Waals surface area contributed by atoms with E-state index >= 15 is 0 Å². The fourth-order valence-corrected chi connectivity index (χ4v) is 1.55. The topological polar surface area (TPSA) is 41.1 Å². The van der Waals surface area contributed by atoms with Crippen molar-refractivity contribution in [2.45, 2.75) is 0 Å². The third-order valence-electron chi connectivity index (χ3n) is 2.30. The minimum Gasteiger partial charge on any atom is -0.308 e. The number of anilines is 2. The Morgan fingerprint density at radius 2 is 1.53 bits per heavy atom. The smallest absolute Gasteiger partial charge is 0.308 e. The van der Waals surface area contributed by atoms with Crippen LogP contribution in [0.15, 0.2) is 42.5 Å². The predicted octanol–water partition coefficient (Wildman–Crippen LogP) is 4.26. The summed E-state index contributed by atoms with van der Waals surface area (Å²) in [5.74, 6) is -1.68.